The fourth-order valence-electron chi connectivity index (χ4n) is 2.18. The monoisotopic (exact) mass is 183 g/mol. The van der Waals surface area contributed by atoms with E-state index in [2.05, 4.69) is 32.4 Å². The van der Waals surface area contributed by atoms with E-state index in [0.29, 0.717) is 18.4 Å². The zero-order valence-corrected chi connectivity index (χ0v) is 8.95. The van der Waals surface area contributed by atoms with Crippen molar-refractivity contribution < 1.29 is 5.11 Å². The Balaban J connectivity index is 2.69. The second-order valence-corrected chi connectivity index (χ2v) is 4.49. The molecule has 2 nitrogen and oxygen atoms in total. The molecular formula is C11H21NO. The molecule has 1 aliphatic heterocycles. The van der Waals surface area contributed by atoms with Crippen LogP contribution in [0.3, 0.4) is 0 Å². The molecular weight excluding hydrogens is 162 g/mol. The molecule has 0 amide bonds. The maximum atomic E-state index is 10.3. The van der Waals surface area contributed by atoms with Gasteiger partial charge >= 0.3 is 0 Å². The lowest BCUT2D eigenvalue weighted by molar-refractivity contribution is -0.0759. The van der Waals surface area contributed by atoms with E-state index in [1.165, 1.54) is 0 Å². The Hall–Kier alpha value is -0.340. The minimum Gasteiger partial charge on any atom is -0.389 e. The normalized spacial score (nSPS) is 41.8. The summed E-state index contributed by atoms with van der Waals surface area (Å²) in [7, 11) is 2.12. The van der Waals surface area contributed by atoms with Gasteiger partial charge in [-0.15, -0.1) is 6.58 Å². The summed E-state index contributed by atoms with van der Waals surface area (Å²) in [5.74, 6) is 0.340. The molecule has 2 heteroatoms. The summed E-state index contributed by atoms with van der Waals surface area (Å²) in [6.45, 7) is 8.97. The van der Waals surface area contributed by atoms with E-state index >= 15 is 0 Å². The minimum atomic E-state index is -0.520. The fourth-order valence-corrected chi connectivity index (χ4v) is 2.18. The lowest BCUT2D eigenvalue weighted by Gasteiger charge is -2.45. The molecule has 0 aromatic heterocycles. The average Bonchev–Trinajstić information content (AvgIpc) is 2.02. The van der Waals surface area contributed by atoms with Crippen LogP contribution in [0.5, 0.6) is 0 Å². The molecule has 1 aliphatic rings. The van der Waals surface area contributed by atoms with Crippen LogP contribution in [-0.2, 0) is 0 Å². The van der Waals surface area contributed by atoms with Crippen molar-refractivity contribution in [3.63, 3.8) is 0 Å². The Morgan fingerprint density at radius 1 is 1.62 bits per heavy atom. The Kier molecular flexibility index (Phi) is 3.14. The Labute approximate surface area is 81.2 Å². The van der Waals surface area contributed by atoms with Gasteiger partial charge in [-0.1, -0.05) is 13.0 Å². The number of nitrogens with zero attached hydrogens (tertiary/aromatic N) is 1. The van der Waals surface area contributed by atoms with Gasteiger partial charge in [-0.05, 0) is 32.7 Å². The van der Waals surface area contributed by atoms with E-state index in [1.54, 1.807) is 0 Å². The Bertz CT molecular complexity index is 193. The van der Waals surface area contributed by atoms with Gasteiger partial charge in [-0.3, -0.25) is 0 Å². The van der Waals surface area contributed by atoms with Gasteiger partial charge in [0, 0.05) is 12.6 Å². The summed E-state index contributed by atoms with van der Waals surface area (Å²) >= 11 is 0. The number of hydrogen-bond donors (Lipinski definition) is 1. The van der Waals surface area contributed by atoms with Crippen molar-refractivity contribution >= 4 is 0 Å². The van der Waals surface area contributed by atoms with Crippen molar-refractivity contribution in [2.45, 2.75) is 38.3 Å². The van der Waals surface area contributed by atoms with Gasteiger partial charge in [0.25, 0.3) is 0 Å². The van der Waals surface area contributed by atoms with E-state index in [-0.39, 0.29) is 0 Å². The van der Waals surface area contributed by atoms with Crippen molar-refractivity contribution in [2.24, 2.45) is 5.92 Å². The van der Waals surface area contributed by atoms with Gasteiger partial charge < -0.3 is 10.0 Å². The number of piperidine rings is 1. The standard InChI is InChI=1S/C11H21NO/c1-5-6-11(13)7-10(3)12(4)8-9(11)2/h5,9-10,13H,1,6-8H2,2-4H3/t9-,10-,11-/m0/s1. The van der Waals surface area contributed by atoms with Gasteiger partial charge in [-0.25, -0.2) is 0 Å². The highest BCUT2D eigenvalue weighted by Crippen LogP contribution is 2.33. The molecule has 76 valence electrons. The van der Waals surface area contributed by atoms with Crippen molar-refractivity contribution in [1.29, 1.82) is 0 Å². The lowest BCUT2D eigenvalue weighted by atomic mass is 9.77. The molecule has 0 aromatic rings. The van der Waals surface area contributed by atoms with Crippen LogP contribution in [0, 0.1) is 5.92 Å². The molecule has 1 heterocycles. The van der Waals surface area contributed by atoms with E-state index in [9.17, 15) is 5.11 Å². The van der Waals surface area contributed by atoms with Crippen LogP contribution in [0.2, 0.25) is 0 Å². The van der Waals surface area contributed by atoms with Crippen molar-refractivity contribution in [2.75, 3.05) is 13.6 Å². The van der Waals surface area contributed by atoms with Gasteiger partial charge in [0.2, 0.25) is 0 Å². The summed E-state index contributed by atoms with van der Waals surface area (Å²) in [5.41, 5.74) is -0.520. The summed E-state index contributed by atoms with van der Waals surface area (Å²) in [4.78, 5) is 2.31. The third kappa shape index (κ3) is 2.12. The zero-order valence-electron chi connectivity index (χ0n) is 8.95. The van der Waals surface area contributed by atoms with Gasteiger partial charge in [-0.2, -0.15) is 0 Å². The first kappa shape index (κ1) is 10.7. The highest BCUT2D eigenvalue weighted by Gasteiger charge is 2.39. The zero-order chi connectivity index (χ0) is 10.1. The number of hydrogen-bond acceptors (Lipinski definition) is 2. The Morgan fingerprint density at radius 2 is 2.23 bits per heavy atom. The van der Waals surface area contributed by atoms with E-state index in [0.717, 1.165) is 13.0 Å². The van der Waals surface area contributed by atoms with Gasteiger partial charge in [0.05, 0.1) is 5.60 Å². The first-order valence-electron chi connectivity index (χ1n) is 5.03. The van der Waals surface area contributed by atoms with Crippen molar-refractivity contribution in [1.82, 2.24) is 4.90 Å². The third-order valence-electron chi connectivity index (χ3n) is 3.38. The molecule has 1 N–H and O–H groups in total. The Morgan fingerprint density at radius 3 is 2.77 bits per heavy atom. The summed E-state index contributed by atoms with van der Waals surface area (Å²) in [5, 5.41) is 10.3. The number of aliphatic hydroxyl groups is 1. The smallest absolute Gasteiger partial charge is 0.0734 e. The third-order valence-corrected chi connectivity index (χ3v) is 3.38. The van der Waals surface area contributed by atoms with Crippen molar-refractivity contribution in [3.05, 3.63) is 12.7 Å². The second-order valence-electron chi connectivity index (χ2n) is 4.49. The lowest BCUT2D eigenvalue weighted by Crippen LogP contribution is -2.53. The highest BCUT2D eigenvalue weighted by atomic mass is 16.3. The molecule has 0 bridgehead atoms. The van der Waals surface area contributed by atoms with Gasteiger partial charge in [0.1, 0.15) is 0 Å². The predicted octanol–water partition coefficient (Wildman–Crippen LogP) is 1.65. The van der Waals surface area contributed by atoms with Crippen LogP contribution in [0.1, 0.15) is 26.7 Å². The average molecular weight is 183 g/mol. The maximum absolute atomic E-state index is 10.3. The summed E-state index contributed by atoms with van der Waals surface area (Å²) in [6, 6.07) is 0.473. The highest BCUT2D eigenvalue weighted by molar-refractivity contribution is 4.97. The van der Waals surface area contributed by atoms with E-state index in [4.69, 9.17) is 0 Å². The number of likely N-dealkylation sites (tertiary alicyclic amines) is 1. The van der Waals surface area contributed by atoms with Crippen molar-refractivity contribution in [3.8, 4) is 0 Å². The van der Waals surface area contributed by atoms with Crippen LogP contribution in [0.15, 0.2) is 12.7 Å². The molecule has 3 atom stereocenters. The van der Waals surface area contributed by atoms with Crippen LogP contribution in [-0.4, -0.2) is 35.2 Å². The molecule has 13 heavy (non-hydrogen) atoms. The fraction of sp³-hybridized carbons (Fsp3) is 0.818. The molecule has 1 rings (SSSR count). The minimum absolute atomic E-state index is 0.340. The molecule has 0 radical (unpaired) electrons. The van der Waals surface area contributed by atoms with Gasteiger partial charge in [0.15, 0.2) is 0 Å². The molecule has 0 unspecified atom stereocenters. The molecule has 0 saturated carbocycles. The predicted molar refractivity (Wildman–Crippen MR) is 55.6 cm³/mol. The quantitative estimate of drug-likeness (QED) is 0.658. The van der Waals surface area contributed by atoms with E-state index in [1.807, 2.05) is 6.08 Å². The topological polar surface area (TPSA) is 23.5 Å². The van der Waals surface area contributed by atoms with Crippen LogP contribution in [0.4, 0.5) is 0 Å². The van der Waals surface area contributed by atoms with Crippen LogP contribution >= 0.6 is 0 Å². The molecule has 1 saturated heterocycles. The largest absolute Gasteiger partial charge is 0.389 e. The molecule has 0 aliphatic carbocycles. The maximum Gasteiger partial charge on any atom is 0.0734 e. The second kappa shape index (κ2) is 3.81. The summed E-state index contributed by atoms with van der Waals surface area (Å²) < 4.78 is 0. The number of rotatable bonds is 2. The molecule has 1 fully saturated rings. The van der Waals surface area contributed by atoms with E-state index < -0.39 is 5.60 Å². The molecule has 0 aromatic carbocycles. The SMILES string of the molecule is C=CC[C@]1(O)C[C@H](C)N(C)C[C@@H]1C. The van der Waals surface area contributed by atoms with Crippen LogP contribution in [0.25, 0.3) is 0 Å². The first-order valence-corrected chi connectivity index (χ1v) is 5.03. The molecule has 0 spiro atoms. The first-order chi connectivity index (χ1) is 5.99. The van der Waals surface area contributed by atoms with Crippen LogP contribution < -0.4 is 0 Å². The summed E-state index contributed by atoms with van der Waals surface area (Å²) in [6.07, 6.45) is 3.40.